The van der Waals surface area contributed by atoms with Crippen molar-refractivity contribution >= 4 is 11.8 Å². The Balaban J connectivity index is 2.36. The van der Waals surface area contributed by atoms with Gasteiger partial charge in [0, 0.05) is 11.5 Å². The molecule has 0 saturated carbocycles. The second-order valence-corrected chi connectivity index (χ2v) is 4.56. The highest BCUT2D eigenvalue weighted by atomic mass is 32.2. The molecule has 1 nitrogen and oxygen atoms in total. The van der Waals surface area contributed by atoms with Gasteiger partial charge in [0.15, 0.2) is 0 Å². The van der Waals surface area contributed by atoms with Gasteiger partial charge in [-0.2, -0.15) is 17.0 Å². The van der Waals surface area contributed by atoms with Gasteiger partial charge in [0.25, 0.3) is 0 Å². The molecule has 0 fully saturated rings. The smallest absolute Gasteiger partial charge is 0.0661 e. The molecule has 0 bridgehead atoms. The van der Waals surface area contributed by atoms with E-state index in [1.54, 1.807) is 0 Å². The maximum atomic E-state index is 8.61. The molecule has 74 valence electrons. The molecule has 0 aromatic heterocycles. The van der Waals surface area contributed by atoms with Crippen molar-refractivity contribution in [1.29, 1.82) is 5.26 Å². The van der Waals surface area contributed by atoms with Crippen LogP contribution in [0.5, 0.6) is 0 Å². The Kier molecular flexibility index (Phi) is 4.55. The van der Waals surface area contributed by atoms with E-state index < -0.39 is 0 Å². The summed E-state index contributed by atoms with van der Waals surface area (Å²) in [6.07, 6.45) is 0. The molecule has 1 unspecified atom stereocenters. The normalized spacial score (nSPS) is 12.1. The van der Waals surface area contributed by atoms with Crippen LogP contribution >= 0.6 is 11.8 Å². The molecular weight excluding hydrogens is 190 g/mol. The summed E-state index contributed by atoms with van der Waals surface area (Å²) in [6, 6.07) is 10.8. The molecule has 1 atom stereocenters. The molecule has 0 amide bonds. The number of benzene rings is 1. The zero-order valence-corrected chi connectivity index (χ0v) is 9.47. The number of rotatable bonds is 4. The van der Waals surface area contributed by atoms with Gasteiger partial charge >= 0.3 is 0 Å². The fraction of sp³-hybridized carbons (Fsp3) is 0.417. The van der Waals surface area contributed by atoms with Crippen LogP contribution in [0.3, 0.4) is 0 Å². The molecule has 0 heterocycles. The van der Waals surface area contributed by atoms with Gasteiger partial charge in [0.05, 0.1) is 12.0 Å². The predicted octanol–water partition coefficient (Wildman–Crippen LogP) is 3.39. The van der Waals surface area contributed by atoms with Crippen molar-refractivity contribution < 1.29 is 0 Å². The van der Waals surface area contributed by atoms with Gasteiger partial charge in [0.1, 0.15) is 0 Å². The second kappa shape index (κ2) is 5.72. The lowest BCUT2D eigenvalue weighted by atomic mass is 10.2. The average molecular weight is 205 g/mol. The van der Waals surface area contributed by atoms with Gasteiger partial charge in [-0.05, 0) is 19.4 Å². The van der Waals surface area contributed by atoms with Crippen LogP contribution in [0.4, 0.5) is 0 Å². The summed E-state index contributed by atoms with van der Waals surface area (Å²) in [5.41, 5.74) is 2.65. The number of thioether (sulfide) groups is 1. The monoisotopic (exact) mass is 205 g/mol. The van der Waals surface area contributed by atoms with Gasteiger partial charge in [-0.1, -0.05) is 29.8 Å². The van der Waals surface area contributed by atoms with E-state index in [0.717, 1.165) is 11.5 Å². The molecule has 0 saturated heterocycles. The molecule has 0 radical (unpaired) electrons. The largest absolute Gasteiger partial charge is 0.198 e. The molecule has 2 heteroatoms. The van der Waals surface area contributed by atoms with E-state index in [9.17, 15) is 0 Å². The van der Waals surface area contributed by atoms with E-state index in [1.807, 2.05) is 18.7 Å². The molecule has 14 heavy (non-hydrogen) atoms. The summed E-state index contributed by atoms with van der Waals surface area (Å²) in [4.78, 5) is 0. The van der Waals surface area contributed by atoms with Crippen LogP contribution in [-0.4, -0.2) is 5.75 Å². The summed E-state index contributed by atoms with van der Waals surface area (Å²) in [7, 11) is 0. The van der Waals surface area contributed by atoms with Gasteiger partial charge in [-0.3, -0.25) is 0 Å². The molecule has 1 aromatic rings. The zero-order chi connectivity index (χ0) is 10.4. The highest BCUT2D eigenvalue weighted by Crippen LogP contribution is 2.15. The van der Waals surface area contributed by atoms with Crippen molar-refractivity contribution in [2.45, 2.75) is 19.6 Å². The van der Waals surface area contributed by atoms with Crippen LogP contribution < -0.4 is 0 Å². The van der Waals surface area contributed by atoms with Crippen LogP contribution in [0.15, 0.2) is 24.3 Å². The standard InChI is InChI=1S/C12H15NS/c1-10-4-3-5-12(6-10)9-14-8-11(2)7-13/h3-6,11H,8-9H2,1-2H3. The number of aryl methyl sites for hydroxylation is 1. The molecule has 1 rings (SSSR count). The summed E-state index contributed by atoms with van der Waals surface area (Å²) in [5, 5.41) is 8.61. The number of nitriles is 1. The SMILES string of the molecule is Cc1cccc(CSCC(C)C#N)c1. The van der Waals surface area contributed by atoms with Crippen LogP contribution in [0.2, 0.25) is 0 Å². The first-order valence-electron chi connectivity index (χ1n) is 4.75. The van der Waals surface area contributed by atoms with Crippen molar-refractivity contribution in [3.8, 4) is 6.07 Å². The molecule has 0 aliphatic rings. The minimum atomic E-state index is 0.157. The highest BCUT2D eigenvalue weighted by Gasteiger charge is 1.99. The molecule has 0 aliphatic heterocycles. The van der Waals surface area contributed by atoms with Crippen molar-refractivity contribution in [3.63, 3.8) is 0 Å². The number of hydrogen-bond acceptors (Lipinski definition) is 2. The fourth-order valence-corrected chi connectivity index (χ4v) is 2.15. The Bertz CT molecular complexity index is 327. The van der Waals surface area contributed by atoms with Gasteiger partial charge in [-0.15, -0.1) is 0 Å². The van der Waals surface area contributed by atoms with Gasteiger partial charge in [-0.25, -0.2) is 0 Å². The lowest BCUT2D eigenvalue weighted by Gasteiger charge is -2.03. The zero-order valence-electron chi connectivity index (χ0n) is 8.66. The Labute approximate surface area is 90.1 Å². The van der Waals surface area contributed by atoms with Crippen molar-refractivity contribution in [2.75, 3.05) is 5.75 Å². The topological polar surface area (TPSA) is 23.8 Å². The summed E-state index contributed by atoms with van der Waals surface area (Å²) in [5.74, 6) is 2.09. The van der Waals surface area contributed by atoms with Crippen LogP contribution in [0.1, 0.15) is 18.1 Å². The first-order chi connectivity index (χ1) is 6.72. The first kappa shape index (κ1) is 11.1. The van der Waals surface area contributed by atoms with E-state index in [1.165, 1.54) is 11.1 Å². The minimum Gasteiger partial charge on any atom is -0.198 e. The van der Waals surface area contributed by atoms with E-state index in [-0.39, 0.29) is 5.92 Å². The van der Waals surface area contributed by atoms with E-state index in [4.69, 9.17) is 5.26 Å². The quantitative estimate of drug-likeness (QED) is 0.752. The summed E-state index contributed by atoms with van der Waals surface area (Å²) < 4.78 is 0. The lowest BCUT2D eigenvalue weighted by molar-refractivity contribution is 0.864. The van der Waals surface area contributed by atoms with Crippen molar-refractivity contribution in [1.82, 2.24) is 0 Å². The van der Waals surface area contributed by atoms with Gasteiger partial charge < -0.3 is 0 Å². The molecule has 1 aromatic carbocycles. The summed E-state index contributed by atoms with van der Waals surface area (Å²) in [6.45, 7) is 4.06. The predicted molar refractivity (Wildman–Crippen MR) is 62.1 cm³/mol. The Hall–Kier alpha value is -0.940. The number of hydrogen-bond donors (Lipinski definition) is 0. The maximum absolute atomic E-state index is 8.61. The van der Waals surface area contributed by atoms with Crippen LogP contribution in [0.25, 0.3) is 0 Å². The third kappa shape index (κ3) is 3.85. The highest BCUT2D eigenvalue weighted by molar-refractivity contribution is 7.98. The number of nitrogens with zero attached hydrogens (tertiary/aromatic N) is 1. The first-order valence-corrected chi connectivity index (χ1v) is 5.90. The fourth-order valence-electron chi connectivity index (χ4n) is 1.19. The van der Waals surface area contributed by atoms with Gasteiger partial charge in [0.2, 0.25) is 0 Å². The maximum Gasteiger partial charge on any atom is 0.0661 e. The van der Waals surface area contributed by atoms with Crippen LogP contribution in [-0.2, 0) is 5.75 Å². The molecule has 0 spiro atoms. The molecule has 0 aliphatic carbocycles. The van der Waals surface area contributed by atoms with Crippen LogP contribution in [0, 0.1) is 24.2 Å². The van der Waals surface area contributed by atoms with E-state index >= 15 is 0 Å². The average Bonchev–Trinajstić information content (AvgIpc) is 2.17. The van der Waals surface area contributed by atoms with Crippen molar-refractivity contribution in [3.05, 3.63) is 35.4 Å². The third-order valence-electron chi connectivity index (χ3n) is 1.94. The lowest BCUT2D eigenvalue weighted by Crippen LogP contribution is -1.94. The minimum absolute atomic E-state index is 0.157. The molecule has 0 N–H and O–H groups in total. The van der Waals surface area contributed by atoms with Crippen molar-refractivity contribution in [2.24, 2.45) is 5.92 Å². The Morgan fingerprint density at radius 1 is 1.50 bits per heavy atom. The van der Waals surface area contributed by atoms with E-state index in [0.29, 0.717) is 0 Å². The molecular formula is C12H15NS. The van der Waals surface area contributed by atoms with E-state index in [2.05, 4.69) is 37.3 Å². The third-order valence-corrected chi connectivity index (χ3v) is 3.21. The second-order valence-electron chi connectivity index (χ2n) is 3.53. The Morgan fingerprint density at radius 3 is 2.93 bits per heavy atom. The Morgan fingerprint density at radius 2 is 2.29 bits per heavy atom. The summed E-state index contributed by atoms with van der Waals surface area (Å²) >= 11 is 1.83.